The van der Waals surface area contributed by atoms with Crippen LogP contribution in [0.15, 0.2) is 36.4 Å². The van der Waals surface area contributed by atoms with Crippen molar-refractivity contribution in [2.24, 2.45) is 0 Å². The first-order valence-corrected chi connectivity index (χ1v) is 5.67. The Labute approximate surface area is 113 Å². The number of anilines is 2. The third-order valence-corrected chi connectivity index (χ3v) is 2.77. The molecule has 1 amide bonds. The molecular formula is C13H9ClF2N2O. The van der Waals surface area contributed by atoms with E-state index in [1.54, 1.807) is 6.07 Å². The van der Waals surface area contributed by atoms with Gasteiger partial charge in [0.05, 0.1) is 16.3 Å². The second-order valence-corrected chi connectivity index (χ2v) is 4.19. The van der Waals surface area contributed by atoms with Crippen LogP contribution in [0.2, 0.25) is 5.02 Å². The fraction of sp³-hybridized carbons (Fsp3) is 0. The van der Waals surface area contributed by atoms with E-state index in [9.17, 15) is 13.6 Å². The molecule has 0 spiro atoms. The molecule has 19 heavy (non-hydrogen) atoms. The predicted octanol–water partition coefficient (Wildman–Crippen LogP) is 3.45. The largest absolute Gasteiger partial charge is 0.398 e. The Balaban J connectivity index is 2.31. The third-order valence-electron chi connectivity index (χ3n) is 2.45. The van der Waals surface area contributed by atoms with Crippen LogP contribution in [0.1, 0.15) is 10.4 Å². The van der Waals surface area contributed by atoms with Crippen molar-refractivity contribution in [3.63, 3.8) is 0 Å². The number of halogens is 3. The van der Waals surface area contributed by atoms with E-state index in [-0.39, 0.29) is 22.0 Å². The fourth-order valence-electron chi connectivity index (χ4n) is 1.56. The van der Waals surface area contributed by atoms with E-state index in [2.05, 4.69) is 5.32 Å². The summed E-state index contributed by atoms with van der Waals surface area (Å²) in [5.74, 6) is -2.26. The fourth-order valence-corrected chi connectivity index (χ4v) is 1.82. The van der Waals surface area contributed by atoms with Crippen LogP contribution in [0.5, 0.6) is 0 Å². The molecule has 3 nitrogen and oxygen atoms in total. The van der Waals surface area contributed by atoms with E-state index in [1.807, 2.05) is 0 Å². The molecule has 0 aromatic heterocycles. The van der Waals surface area contributed by atoms with Gasteiger partial charge in [-0.3, -0.25) is 4.79 Å². The summed E-state index contributed by atoms with van der Waals surface area (Å²) in [6.45, 7) is 0. The summed E-state index contributed by atoms with van der Waals surface area (Å²) in [5.41, 5.74) is 5.71. The third kappa shape index (κ3) is 2.82. The Hall–Kier alpha value is -2.14. The minimum Gasteiger partial charge on any atom is -0.398 e. The number of carbonyl (C=O) groups excluding carboxylic acids is 1. The van der Waals surface area contributed by atoms with Crippen molar-refractivity contribution in [3.8, 4) is 0 Å². The van der Waals surface area contributed by atoms with E-state index in [1.165, 1.54) is 12.1 Å². The van der Waals surface area contributed by atoms with Crippen molar-refractivity contribution in [3.05, 3.63) is 58.6 Å². The van der Waals surface area contributed by atoms with Crippen molar-refractivity contribution in [1.82, 2.24) is 0 Å². The van der Waals surface area contributed by atoms with Gasteiger partial charge < -0.3 is 11.1 Å². The monoisotopic (exact) mass is 282 g/mol. The molecule has 2 rings (SSSR count). The second kappa shape index (κ2) is 5.24. The molecule has 0 aliphatic heterocycles. The number of hydrogen-bond donors (Lipinski definition) is 2. The summed E-state index contributed by atoms with van der Waals surface area (Å²) in [6, 6.07) is 7.42. The van der Waals surface area contributed by atoms with E-state index >= 15 is 0 Å². The number of nitrogens with two attached hydrogens (primary N) is 1. The summed E-state index contributed by atoms with van der Waals surface area (Å²) in [7, 11) is 0. The topological polar surface area (TPSA) is 55.1 Å². The maximum Gasteiger partial charge on any atom is 0.259 e. The summed E-state index contributed by atoms with van der Waals surface area (Å²) in [4.78, 5) is 12.0. The van der Waals surface area contributed by atoms with Crippen molar-refractivity contribution < 1.29 is 13.6 Å². The Morgan fingerprint density at radius 3 is 2.58 bits per heavy atom. The summed E-state index contributed by atoms with van der Waals surface area (Å²) in [6.07, 6.45) is 0. The van der Waals surface area contributed by atoms with Gasteiger partial charge >= 0.3 is 0 Å². The first-order chi connectivity index (χ1) is 8.99. The molecule has 0 fully saturated rings. The van der Waals surface area contributed by atoms with Crippen LogP contribution < -0.4 is 11.1 Å². The smallest absolute Gasteiger partial charge is 0.259 e. The zero-order chi connectivity index (χ0) is 14.0. The molecule has 3 N–H and O–H groups in total. The van der Waals surface area contributed by atoms with Crippen LogP contribution in [0.25, 0.3) is 0 Å². The highest BCUT2D eigenvalue weighted by molar-refractivity contribution is 6.35. The predicted molar refractivity (Wildman–Crippen MR) is 70.2 cm³/mol. The molecule has 0 bridgehead atoms. The first-order valence-electron chi connectivity index (χ1n) is 5.29. The average Bonchev–Trinajstić information content (AvgIpc) is 2.32. The molecule has 0 aliphatic rings. The molecule has 0 aliphatic carbocycles. The molecular weight excluding hydrogens is 274 g/mol. The van der Waals surface area contributed by atoms with Crippen LogP contribution in [0.4, 0.5) is 20.2 Å². The highest BCUT2D eigenvalue weighted by Crippen LogP contribution is 2.24. The number of hydrogen-bond acceptors (Lipinski definition) is 2. The summed E-state index contributed by atoms with van der Waals surface area (Å²) < 4.78 is 26.2. The summed E-state index contributed by atoms with van der Waals surface area (Å²) in [5, 5.41) is 2.44. The van der Waals surface area contributed by atoms with E-state index in [0.29, 0.717) is 6.07 Å². The molecule has 0 saturated heterocycles. The van der Waals surface area contributed by atoms with E-state index in [0.717, 1.165) is 12.1 Å². The lowest BCUT2D eigenvalue weighted by Gasteiger charge is -2.09. The van der Waals surface area contributed by atoms with Crippen molar-refractivity contribution in [2.45, 2.75) is 0 Å². The highest BCUT2D eigenvalue weighted by Gasteiger charge is 2.15. The molecule has 98 valence electrons. The lowest BCUT2D eigenvalue weighted by atomic mass is 10.1. The average molecular weight is 283 g/mol. The first kappa shape index (κ1) is 13.3. The summed E-state index contributed by atoms with van der Waals surface area (Å²) >= 11 is 5.86. The highest BCUT2D eigenvalue weighted by atomic mass is 35.5. The van der Waals surface area contributed by atoms with Crippen molar-refractivity contribution >= 4 is 28.9 Å². The minimum atomic E-state index is -0.876. The van der Waals surface area contributed by atoms with Crippen LogP contribution in [-0.2, 0) is 0 Å². The van der Waals surface area contributed by atoms with Gasteiger partial charge in [0.25, 0.3) is 5.91 Å². The van der Waals surface area contributed by atoms with Gasteiger partial charge in [0.2, 0.25) is 0 Å². The van der Waals surface area contributed by atoms with Gasteiger partial charge in [0.15, 0.2) is 0 Å². The minimum absolute atomic E-state index is 0.0490. The van der Waals surface area contributed by atoms with Gasteiger partial charge in [-0.2, -0.15) is 0 Å². The number of nitrogen functional groups attached to an aromatic ring is 1. The van der Waals surface area contributed by atoms with Crippen LogP contribution in [0, 0.1) is 11.6 Å². The SMILES string of the molecule is Nc1cccc(Cl)c1C(=O)Nc1ccc(F)cc1F. The molecule has 0 saturated carbocycles. The van der Waals surface area contributed by atoms with Gasteiger partial charge in [-0.05, 0) is 24.3 Å². The van der Waals surface area contributed by atoms with Gasteiger partial charge in [-0.25, -0.2) is 8.78 Å². The number of amides is 1. The standard InChI is InChI=1S/C13H9ClF2N2O/c14-8-2-1-3-10(17)12(8)13(19)18-11-5-4-7(15)6-9(11)16/h1-6H,17H2,(H,18,19). The number of benzene rings is 2. The van der Waals surface area contributed by atoms with Crippen LogP contribution >= 0.6 is 11.6 Å². The van der Waals surface area contributed by atoms with Gasteiger partial charge in [0, 0.05) is 11.8 Å². The zero-order valence-electron chi connectivity index (χ0n) is 9.58. The van der Waals surface area contributed by atoms with Gasteiger partial charge in [0.1, 0.15) is 11.6 Å². The van der Waals surface area contributed by atoms with Crippen molar-refractivity contribution in [1.29, 1.82) is 0 Å². The molecule has 2 aromatic carbocycles. The normalized spacial score (nSPS) is 10.3. The maximum atomic E-state index is 13.4. The van der Waals surface area contributed by atoms with E-state index in [4.69, 9.17) is 17.3 Å². The number of carbonyl (C=O) groups is 1. The molecule has 2 aromatic rings. The van der Waals surface area contributed by atoms with Crippen molar-refractivity contribution in [2.75, 3.05) is 11.1 Å². The van der Waals surface area contributed by atoms with E-state index < -0.39 is 17.5 Å². The van der Waals surface area contributed by atoms with Crippen LogP contribution in [0.3, 0.4) is 0 Å². The molecule has 0 heterocycles. The number of rotatable bonds is 2. The molecule has 0 unspecified atom stereocenters. The number of nitrogens with one attached hydrogen (secondary N) is 1. The second-order valence-electron chi connectivity index (χ2n) is 3.78. The van der Waals surface area contributed by atoms with Gasteiger partial charge in [-0.1, -0.05) is 17.7 Å². The molecule has 0 radical (unpaired) electrons. The molecule has 0 atom stereocenters. The Morgan fingerprint density at radius 2 is 1.95 bits per heavy atom. The maximum absolute atomic E-state index is 13.4. The van der Waals surface area contributed by atoms with Gasteiger partial charge in [-0.15, -0.1) is 0 Å². The van der Waals surface area contributed by atoms with Crippen LogP contribution in [-0.4, -0.2) is 5.91 Å². The quantitative estimate of drug-likeness (QED) is 0.829. The lowest BCUT2D eigenvalue weighted by molar-refractivity contribution is 0.102. The Bertz CT molecular complexity index is 626. The lowest BCUT2D eigenvalue weighted by Crippen LogP contribution is -2.15. The molecule has 6 heteroatoms. The Morgan fingerprint density at radius 1 is 1.21 bits per heavy atom. The zero-order valence-corrected chi connectivity index (χ0v) is 10.3. The Kier molecular flexibility index (Phi) is 3.66.